The molecule has 2 heterocycles. The topological polar surface area (TPSA) is 52.3 Å². The van der Waals surface area contributed by atoms with Crippen LogP contribution in [0.2, 0.25) is 0 Å². The molecule has 0 unspecified atom stereocenters. The fourth-order valence-electron chi connectivity index (χ4n) is 1.63. The van der Waals surface area contributed by atoms with Crippen molar-refractivity contribution in [1.29, 1.82) is 0 Å². The molecule has 0 amide bonds. The van der Waals surface area contributed by atoms with Crippen molar-refractivity contribution in [1.82, 2.24) is 19.6 Å². The van der Waals surface area contributed by atoms with E-state index in [1.165, 1.54) is 6.33 Å². The zero-order valence-corrected chi connectivity index (χ0v) is 10.5. The second-order valence-corrected chi connectivity index (χ2v) is 4.62. The molecule has 5 nitrogen and oxygen atoms in total. The monoisotopic (exact) mass is 258 g/mol. The normalized spacial score (nSPS) is 10.7. The van der Waals surface area contributed by atoms with Crippen LogP contribution in [0, 0.1) is 0 Å². The Labute approximate surface area is 108 Å². The summed E-state index contributed by atoms with van der Waals surface area (Å²) < 4.78 is 6.98. The molecular formula is C12H10N4OS. The van der Waals surface area contributed by atoms with Crippen molar-refractivity contribution in [3.05, 3.63) is 43.1 Å². The van der Waals surface area contributed by atoms with Crippen LogP contribution < -0.4 is 4.74 Å². The molecule has 0 fully saturated rings. The third-order valence-electron chi connectivity index (χ3n) is 2.45. The molecule has 6 heteroatoms. The van der Waals surface area contributed by atoms with Crippen molar-refractivity contribution in [2.24, 2.45) is 0 Å². The fourth-order valence-corrected chi connectivity index (χ4v) is 2.61. The van der Waals surface area contributed by atoms with Gasteiger partial charge in [-0.25, -0.2) is 14.5 Å². The van der Waals surface area contributed by atoms with Crippen molar-refractivity contribution in [2.45, 2.75) is 9.79 Å². The van der Waals surface area contributed by atoms with Crippen LogP contribution in [-0.2, 0) is 0 Å². The summed E-state index contributed by atoms with van der Waals surface area (Å²) in [4.78, 5) is 10.3. The van der Waals surface area contributed by atoms with E-state index in [1.807, 2.05) is 24.3 Å². The van der Waals surface area contributed by atoms with Gasteiger partial charge in [0.1, 0.15) is 18.4 Å². The molecule has 1 aromatic carbocycles. The highest BCUT2D eigenvalue weighted by Crippen LogP contribution is 2.35. The summed E-state index contributed by atoms with van der Waals surface area (Å²) >= 11 is 1.56. The molecule has 0 N–H and O–H groups in total. The SMILES string of the molecule is COc1ccccc1Sc1cncn2ncnc12. The van der Waals surface area contributed by atoms with E-state index in [2.05, 4.69) is 15.1 Å². The Kier molecular flexibility index (Phi) is 2.85. The van der Waals surface area contributed by atoms with E-state index in [4.69, 9.17) is 4.74 Å². The maximum absolute atomic E-state index is 5.33. The molecule has 0 aliphatic heterocycles. The lowest BCUT2D eigenvalue weighted by molar-refractivity contribution is 0.405. The number of para-hydroxylation sites is 1. The van der Waals surface area contributed by atoms with Gasteiger partial charge < -0.3 is 4.74 Å². The summed E-state index contributed by atoms with van der Waals surface area (Å²) in [5.41, 5.74) is 0.793. The Morgan fingerprint density at radius 3 is 3.00 bits per heavy atom. The zero-order valence-electron chi connectivity index (χ0n) is 9.65. The van der Waals surface area contributed by atoms with E-state index in [0.29, 0.717) is 0 Å². The van der Waals surface area contributed by atoms with Crippen LogP contribution >= 0.6 is 11.8 Å². The lowest BCUT2D eigenvalue weighted by Crippen LogP contribution is -1.91. The largest absolute Gasteiger partial charge is 0.496 e. The molecule has 0 radical (unpaired) electrons. The first-order chi connectivity index (χ1) is 8.88. The number of aromatic nitrogens is 4. The predicted octanol–water partition coefficient (Wildman–Crippen LogP) is 2.28. The molecule has 0 saturated heterocycles. The number of fused-ring (bicyclic) bond motifs is 1. The molecule has 3 rings (SSSR count). The summed E-state index contributed by atoms with van der Waals surface area (Å²) in [7, 11) is 1.66. The zero-order chi connectivity index (χ0) is 12.4. The second-order valence-electron chi connectivity index (χ2n) is 3.54. The third-order valence-corrected chi connectivity index (χ3v) is 3.52. The van der Waals surface area contributed by atoms with E-state index in [1.54, 1.807) is 35.9 Å². The third kappa shape index (κ3) is 1.91. The van der Waals surface area contributed by atoms with Crippen LogP contribution in [0.15, 0.2) is 52.9 Å². The Morgan fingerprint density at radius 1 is 1.22 bits per heavy atom. The summed E-state index contributed by atoms with van der Waals surface area (Å²) in [5, 5.41) is 4.06. The first kappa shape index (κ1) is 11.0. The van der Waals surface area contributed by atoms with Gasteiger partial charge in [-0.15, -0.1) is 0 Å². The van der Waals surface area contributed by atoms with Gasteiger partial charge in [0, 0.05) is 6.20 Å². The first-order valence-corrected chi connectivity index (χ1v) is 6.14. The van der Waals surface area contributed by atoms with Crippen LogP contribution in [-0.4, -0.2) is 26.7 Å². The van der Waals surface area contributed by atoms with Crippen molar-refractivity contribution in [3.63, 3.8) is 0 Å². The van der Waals surface area contributed by atoms with E-state index < -0.39 is 0 Å². The molecular weight excluding hydrogens is 248 g/mol. The van der Waals surface area contributed by atoms with E-state index in [-0.39, 0.29) is 0 Å². The average molecular weight is 258 g/mol. The summed E-state index contributed by atoms with van der Waals surface area (Å²) in [6.07, 6.45) is 4.93. The molecule has 0 aliphatic rings. The molecule has 0 bridgehead atoms. The van der Waals surface area contributed by atoms with Gasteiger partial charge >= 0.3 is 0 Å². The number of hydrogen-bond donors (Lipinski definition) is 0. The minimum atomic E-state index is 0.793. The van der Waals surface area contributed by atoms with Gasteiger partial charge in [0.15, 0.2) is 5.65 Å². The maximum Gasteiger partial charge on any atom is 0.172 e. The van der Waals surface area contributed by atoms with Crippen LogP contribution in [0.5, 0.6) is 5.75 Å². The van der Waals surface area contributed by atoms with Crippen molar-refractivity contribution in [3.8, 4) is 5.75 Å². The van der Waals surface area contributed by atoms with Crippen molar-refractivity contribution < 1.29 is 4.74 Å². The molecule has 0 aliphatic carbocycles. The Balaban J connectivity index is 2.04. The summed E-state index contributed by atoms with van der Waals surface area (Å²) in [5.74, 6) is 0.837. The predicted molar refractivity (Wildman–Crippen MR) is 67.9 cm³/mol. The minimum Gasteiger partial charge on any atom is -0.496 e. The van der Waals surface area contributed by atoms with Crippen LogP contribution in [0.3, 0.4) is 0 Å². The Bertz CT molecular complexity index is 682. The van der Waals surface area contributed by atoms with Crippen LogP contribution in [0.1, 0.15) is 0 Å². The van der Waals surface area contributed by atoms with Crippen LogP contribution in [0.25, 0.3) is 5.65 Å². The highest BCUT2D eigenvalue weighted by molar-refractivity contribution is 7.99. The number of nitrogens with zero attached hydrogens (tertiary/aromatic N) is 4. The van der Waals surface area contributed by atoms with Gasteiger partial charge in [0.25, 0.3) is 0 Å². The molecule has 0 spiro atoms. The summed E-state index contributed by atoms with van der Waals surface area (Å²) in [6.45, 7) is 0. The number of rotatable bonds is 3. The quantitative estimate of drug-likeness (QED) is 0.721. The lowest BCUT2D eigenvalue weighted by Gasteiger charge is -2.07. The van der Waals surface area contributed by atoms with Gasteiger partial charge in [-0.3, -0.25) is 0 Å². The maximum atomic E-state index is 5.33. The summed E-state index contributed by atoms with van der Waals surface area (Å²) in [6, 6.07) is 7.85. The van der Waals surface area contributed by atoms with Gasteiger partial charge in [-0.1, -0.05) is 23.9 Å². The smallest absolute Gasteiger partial charge is 0.172 e. The molecule has 90 valence electrons. The highest BCUT2D eigenvalue weighted by atomic mass is 32.2. The first-order valence-electron chi connectivity index (χ1n) is 5.32. The average Bonchev–Trinajstić information content (AvgIpc) is 2.89. The van der Waals surface area contributed by atoms with E-state index >= 15 is 0 Å². The number of hydrogen-bond acceptors (Lipinski definition) is 5. The molecule has 0 saturated carbocycles. The van der Waals surface area contributed by atoms with E-state index in [9.17, 15) is 0 Å². The Morgan fingerprint density at radius 2 is 2.11 bits per heavy atom. The van der Waals surface area contributed by atoms with Gasteiger partial charge in [0.2, 0.25) is 0 Å². The van der Waals surface area contributed by atoms with Gasteiger partial charge in [-0.2, -0.15) is 5.10 Å². The minimum absolute atomic E-state index is 0.793. The molecule has 18 heavy (non-hydrogen) atoms. The van der Waals surface area contributed by atoms with Crippen LogP contribution in [0.4, 0.5) is 0 Å². The standard InChI is InChI=1S/C12H10N4OS/c1-17-9-4-2-3-5-10(9)18-11-6-13-8-16-12(11)14-7-15-16/h2-8H,1H3. The molecule has 3 aromatic rings. The van der Waals surface area contributed by atoms with Gasteiger partial charge in [0.05, 0.1) is 16.9 Å². The van der Waals surface area contributed by atoms with Gasteiger partial charge in [-0.05, 0) is 12.1 Å². The highest BCUT2D eigenvalue weighted by Gasteiger charge is 2.09. The Hall–Kier alpha value is -2.08. The fraction of sp³-hybridized carbons (Fsp3) is 0.0833. The number of methoxy groups -OCH3 is 1. The second kappa shape index (κ2) is 4.66. The van der Waals surface area contributed by atoms with Crippen molar-refractivity contribution in [2.75, 3.05) is 7.11 Å². The lowest BCUT2D eigenvalue weighted by atomic mass is 10.3. The number of benzene rings is 1. The molecule has 0 atom stereocenters. The molecule has 2 aromatic heterocycles. The van der Waals surface area contributed by atoms with Crippen molar-refractivity contribution >= 4 is 17.4 Å². The van der Waals surface area contributed by atoms with E-state index in [0.717, 1.165) is 21.2 Å². The number of ether oxygens (including phenoxy) is 1.